The average molecular weight is 446 g/mol. The van der Waals surface area contributed by atoms with Gasteiger partial charge in [0.25, 0.3) is 5.91 Å². The quantitative estimate of drug-likeness (QED) is 0.432. The van der Waals surface area contributed by atoms with Crippen LogP contribution in [0.15, 0.2) is 73.1 Å². The van der Waals surface area contributed by atoms with Crippen LogP contribution in [0.2, 0.25) is 0 Å². The molecular weight excluding hydrogens is 423 g/mol. The number of anilines is 2. The highest BCUT2D eigenvalue weighted by molar-refractivity contribution is 6.03. The Morgan fingerprint density at radius 2 is 1.76 bits per heavy atom. The van der Waals surface area contributed by atoms with Crippen LogP contribution in [0.25, 0.3) is 0 Å². The predicted octanol–water partition coefficient (Wildman–Crippen LogP) is 3.63. The lowest BCUT2D eigenvalue weighted by Crippen LogP contribution is -2.14. The van der Waals surface area contributed by atoms with Crippen LogP contribution < -0.4 is 10.6 Å². The van der Waals surface area contributed by atoms with E-state index in [2.05, 4.69) is 20.8 Å². The molecule has 8 nitrogen and oxygen atoms in total. The Hall–Kier alpha value is -4.27. The summed E-state index contributed by atoms with van der Waals surface area (Å²) in [6, 6.07) is 17.4. The van der Waals surface area contributed by atoms with E-state index in [9.17, 15) is 14.0 Å². The fraction of sp³-hybridized carbons (Fsp3) is 0.167. The number of rotatable bonds is 8. The maximum atomic E-state index is 13.0. The fourth-order valence-corrected chi connectivity index (χ4v) is 3.29. The molecule has 0 aliphatic rings. The minimum absolute atomic E-state index is 0.157. The van der Waals surface area contributed by atoms with Gasteiger partial charge in [0.05, 0.1) is 18.4 Å². The second-order valence-electron chi connectivity index (χ2n) is 7.58. The van der Waals surface area contributed by atoms with Gasteiger partial charge >= 0.3 is 0 Å². The van der Waals surface area contributed by atoms with Crippen molar-refractivity contribution in [3.63, 3.8) is 0 Å². The summed E-state index contributed by atoms with van der Waals surface area (Å²) in [5, 5.41) is 13.9. The summed E-state index contributed by atoms with van der Waals surface area (Å²) in [5.41, 5.74) is 2.64. The van der Waals surface area contributed by atoms with Crippen molar-refractivity contribution in [2.75, 3.05) is 10.6 Å². The first kappa shape index (κ1) is 21.9. The summed E-state index contributed by atoms with van der Waals surface area (Å²) in [7, 11) is 1.66. The van der Waals surface area contributed by atoms with E-state index in [-0.39, 0.29) is 17.4 Å². The number of halogens is 1. The van der Waals surface area contributed by atoms with E-state index in [1.807, 2.05) is 30.3 Å². The van der Waals surface area contributed by atoms with Gasteiger partial charge in [-0.05, 0) is 29.7 Å². The molecule has 4 rings (SSSR count). The lowest BCUT2D eigenvalue weighted by atomic mass is 10.1. The number of carbonyl (C=O) groups excluding carboxylic acids is 2. The van der Waals surface area contributed by atoms with Crippen molar-refractivity contribution in [3.05, 3.63) is 95.7 Å². The lowest BCUT2D eigenvalue weighted by molar-refractivity contribution is -0.116. The van der Waals surface area contributed by atoms with E-state index in [4.69, 9.17) is 0 Å². The number of benzene rings is 2. The van der Waals surface area contributed by atoms with Gasteiger partial charge in [-0.2, -0.15) is 10.2 Å². The zero-order valence-corrected chi connectivity index (χ0v) is 18.0. The van der Waals surface area contributed by atoms with E-state index in [1.54, 1.807) is 30.1 Å². The van der Waals surface area contributed by atoms with Crippen LogP contribution in [-0.2, 0) is 24.8 Å². The normalized spacial score (nSPS) is 10.7. The first-order chi connectivity index (χ1) is 16.0. The number of amides is 2. The van der Waals surface area contributed by atoms with E-state index in [0.29, 0.717) is 30.9 Å². The van der Waals surface area contributed by atoms with Crippen molar-refractivity contribution in [3.8, 4) is 0 Å². The van der Waals surface area contributed by atoms with Crippen molar-refractivity contribution >= 4 is 23.3 Å². The molecule has 0 fully saturated rings. The number of aryl methyl sites for hydroxylation is 2. The Kier molecular flexibility index (Phi) is 6.58. The lowest BCUT2D eigenvalue weighted by Gasteiger charge is -2.05. The van der Waals surface area contributed by atoms with Gasteiger partial charge < -0.3 is 10.6 Å². The SMILES string of the molecule is Cn1nc(C(=O)Nc2cnn(Cc3ccc(F)cc3)c2)cc1NC(=O)CCc1ccccc1. The molecule has 0 radical (unpaired) electrons. The summed E-state index contributed by atoms with van der Waals surface area (Å²) >= 11 is 0. The third-order valence-electron chi connectivity index (χ3n) is 5.01. The second-order valence-corrected chi connectivity index (χ2v) is 7.58. The maximum Gasteiger partial charge on any atom is 0.276 e. The third-order valence-corrected chi connectivity index (χ3v) is 5.01. The molecule has 0 unspecified atom stereocenters. The topological polar surface area (TPSA) is 93.8 Å². The van der Waals surface area contributed by atoms with Gasteiger partial charge in [-0.3, -0.25) is 19.0 Å². The molecule has 0 spiro atoms. The molecule has 0 atom stereocenters. The molecule has 2 N–H and O–H groups in total. The van der Waals surface area contributed by atoms with Crippen LogP contribution >= 0.6 is 0 Å². The Morgan fingerprint density at radius 3 is 2.52 bits per heavy atom. The standard InChI is InChI=1S/C24H23FN6O2/c1-30-22(28-23(32)12-9-17-5-3-2-4-6-17)13-21(29-30)24(33)27-20-14-26-31(16-20)15-18-7-10-19(25)11-8-18/h2-8,10-11,13-14,16H,9,12,15H2,1H3,(H,27,33)(H,28,32). The van der Waals surface area contributed by atoms with Gasteiger partial charge in [0, 0.05) is 25.7 Å². The van der Waals surface area contributed by atoms with Crippen molar-refractivity contribution in [1.29, 1.82) is 0 Å². The Bertz CT molecular complexity index is 1250. The number of hydrogen-bond donors (Lipinski definition) is 2. The first-order valence-corrected chi connectivity index (χ1v) is 10.4. The minimum atomic E-state index is -0.420. The van der Waals surface area contributed by atoms with Crippen molar-refractivity contribution < 1.29 is 14.0 Å². The highest BCUT2D eigenvalue weighted by atomic mass is 19.1. The molecule has 0 bridgehead atoms. The Balaban J connectivity index is 1.32. The van der Waals surface area contributed by atoms with E-state index in [0.717, 1.165) is 11.1 Å². The zero-order valence-electron chi connectivity index (χ0n) is 18.0. The summed E-state index contributed by atoms with van der Waals surface area (Å²) in [5.74, 6) is -0.438. The monoisotopic (exact) mass is 446 g/mol. The van der Waals surface area contributed by atoms with Crippen LogP contribution in [0.1, 0.15) is 28.0 Å². The molecule has 33 heavy (non-hydrogen) atoms. The molecule has 0 aliphatic heterocycles. The smallest absolute Gasteiger partial charge is 0.276 e. The Morgan fingerprint density at radius 1 is 1.00 bits per heavy atom. The number of nitrogens with zero attached hydrogens (tertiary/aromatic N) is 4. The van der Waals surface area contributed by atoms with E-state index in [1.165, 1.54) is 29.1 Å². The van der Waals surface area contributed by atoms with Crippen LogP contribution in [0.5, 0.6) is 0 Å². The maximum absolute atomic E-state index is 13.0. The molecule has 0 aliphatic carbocycles. The number of hydrogen-bond acceptors (Lipinski definition) is 4. The third kappa shape index (κ3) is 5.91. The van der Waals surface area contributed by atoms with Crippen molar-refractivity contribution in [2.24, 2.45) is 7.05 Å². The van der Waals surface area contributed by atoms with Crippen LogP contribution in [0.3, 0.4) is 0 Å². The number of aromatic nitrogens is 4. The summed E-state index contributed by atoms with van der Waals surface area (Å²) in [4.78, 5) is 24.9. The van der Waals surface area contributed by atoms with Crippen LogP contribution in [-0.4, -0.2) is 31.4 Å². The highest BCUT2D eigenvalue weighted by Gasteiger charge is 2.15. The zero-order chi connectivity index (χ0) is 23.2. The Labute approximate surface area is 190 Å². The molecule has 2 aromatic heterocycles. The van der Waals surface area contributed by atoms with Gasteiger partial charge in [-0.15, -0.1) is 0 Å². The van der Waals surface area contributed by atoms with E-state index >= 15 is 0 Å². The first-order valence-electron chi connectivity index (χ1n) is 10.4. The summed E-state index contributed by atoms with van der Waals surface area (Å²) < 4.78 is 16.1. The molecule has 2 heterocycles. The predicted molar refractivity (Wildman–Crippen MR) is 122 cm³/mol. The molecule has 0 saturated carbocycles. The van der Waals surface area contributed by atoms with Crippen LogP contribution in [0, 0.1) is 5.82 Å². The van der Waals surface area contributed by atoms with Gasteiger partial charge in [0.15, 0.2) is 5.69 Å². The average Bonchev–Trinajstić information content (AvgIpc) is 3.40. The highest BCUT2D eigenvalue weighted by Crippen LogP contribution is 2.14. The van der Waals surface area contributed by atoms with Gasteiger partial charge in [-0.1, -0.05) is 42.5 Å². The molecule has 2 aromatic carbocycles. The second kappa shape index (κ2) is 9.90. The van der Waals surface area contributed by atoms with E-state index < -0.39 is 5.91 Å². The van der Waals surface area contributed by atoms with Crippen LogP contribution in [0.4, 0.5) is 15.9 Å². The minimum Gasteiger partial charge on any atom is -0.318 e. The molecule has 9 heteroatoms. The van der Waals surface area contributed by atoms with Crippen molar-refractivity contribution in [1.82, 2.24) is 19.6 Å². The van der Waals surface area contributed by atoms with Gasteiger partial charge in [-0.25, -0.2) is 4.39 Å². The number of carbonyl (C=O) groups is 2. The summed E-state index contributed by atoms with van der Waals surface area (Å²) in [6.45, 7) is 0.443. The molecule has 2 amide bonds. The molecule has 168 valence electrons. The van der Waals surface area contributed by atoms with Gasteiger partial charge in [0.1, 0.15) is 11.6 Å². The summed E-state index contributed by atoms with van der Waals surface area (Å²) in [6.07, 6.45) is 4.15. The molecular formula is C24H23FN6O2. The molecule has 4 aromatic rings. The fourth-order valence-electron chi connectivity index (χ4n) is 3.29. The van der Waals surface area contributed by atoms with Crippen molar-refractivity contribution in [2.45, 2.75) is 19.4 Å². The van der Waals surface area contributed by atoms with Gasteiger partial charge in [0.2, 0.25) is 5.91 Å². The number of nitrogens with one attached hydrogen (secondary N) is 2. The largest absolute Gasteiger partial charge is 0.318 e. The molecule has 0 saturated heterocycles.